The molecule has 0 bridgehead atoms. The number of aromatic nitrogens is 2. The first-order valence-corrected chi connectivity index (χ1v) is 4.17. The highest BCUT2D eigenvalue weighted by Gasteiger charge is 2.24. The SMILES string of the molecule is C[C@](O)(CO)c1ncc(Br)cn1. The van der Waals surface area contributed by atoms with Gasteiger partial charge in [0.05, 0.1) is 11.1 Å². The molecule has 0 spiro atoms. The molecule has 1 heterocycles. The summed E-state index contributed by atoms with van der Waals surface area (Å²) >= 11 is 3.16. The average molecular weight is 233 g/mol. The van der Waals surface area contributed by atoms with Gasteiger partial charge in [0.15, 0.2) is 5.82 Å². The number of halogens is 1. The molecule has 66 valence electrons. The summed E-state index contributed by atoms with van der Waals surface area (Å²) in [5.74, 6) is 0.216. The molecule has 1 aromatic rings. The van der Waals surface area contributed by atoms with E-state index in [4.69, 9.17) is 5.11 Å². The lowest BCUT2D eigenvalue weighted by Crippen LogP contribution is -2.28. The van der Waals surface area contributed by atoms with E-state index in [0.29, 0.717) is 0 Å². The Morgan fingerprint density at radius 2 is 2.00 bits per heavy atom. The molecule has 5 heteroatoms. The third-order valence-electron chi connectivity index (χ3n) is 1.41. The van der Waals surface area contributed by atoms with Crippen LogP contribution >= 0.6 is 15.9 Å². The summed E-state index contributed by atoms with van der Waals surface area (Å²) in [6.07, 6.45) is 3.04. The summed E-state index contributed by atoms with van der Waals surface area (Å²) < 4.78 is 0.736. The highest BCUT2D eigenvalue weighted by atomic mass is 79.9. The molecule has 1 aromatic heterocycles. The topological polar surface area (TPSA) is 66.2 Å². The molecular weight excluding hydrogens is 224 g/mol. The fourth-order valence-electron chi connectivity index (χ4n) is 0.661. The van der Waals surface area contributed by atoms with Crippen molar-refractivity contribution in [2.75, 3.05) is 6.61 Å². The van der Waals surface area contributed by atoms with Crippen LogP contribution in [-0.4, -0.2) is 26.8 Å². The number of nitrogens with zero attached hydrogens (tertiary/aromatic N) is 2. The number of aliphatic hydroxyl groups excluding tert-OH is 1. The van der Waals surface area contributed by atoms with Crippen molar-refractivity contribution >= 4 is 15.9 Å². The van der Waals surface area contributed by atoms with Crippen molar-refractivity contribution in [3.63, 3.8) is 0 Å². The van der Waals surface area contributed by atoms with E-state index in [1.54, 1.807) is 0 Å². The highest BCUT2D eigenvalue weighted by molar-refractivity contribution is 9.10. The maximum Gasteiger partial charge on any atom is 0.162 e. The first-order chi connectivity index (χ1) is 5.56. The number of aliphatic hydroxyl groups is 2. The molecule has 0 saturated heterocycles. The monoisotopic (exact) mass is 232 g/mol. The Morgan fingerprint density at radius 3 is 2.42 bits per heavy atom. The zero-order valence-electron chi connectivity index (χ0n) is 6.53. The van der Waals surface area contributed by atoms with E-state index < -0.39 is 12.2 Å². The second kappa shape index (κ2) is 3.47. The molecule has 12 heavy (non-hydrogen) atoms. The molecule has 0 aliphatic carbocycles. The van der Waals surface area contributed by atoms with Crippen LogP contribution in [0.5, 0.6) is 0 Å². The zero-order valence-corrected chi connectivity index (χ0v) is 8.11. The zero-order chi connectivity index (χ0) is 9.19. The Balaban J connectivity index is 2.96. The first-order valence-electron chi connectivity index (χ1n) is 3.37. The van der Waals surface area contributed by atoms with E-state index in [-0.39, 0.29) is 5.82 Å². The summed E-state index contributed by atoms with van der Waals surface area (Å²) in [7, 11) is 0. The largest absolute Gasteiger partial charge is 0.393 e. The van der Waals surface area contributed by atoms with Gasteiger partial charge in [-0.1, -0.05) is 0 Å². The third kappa shape index (κ3) is 2.00. The Kier molecular flexibility index (Phi) is 2.76. The van der Waals surface area contributed by atoms with Crippen LogP contribution < -0.4 is 0 Å². The van der Waals surface area contributed by atoms with Crippen LogP contribution in [0.25, 0.3) is 0 Å². The minimum atomic E-state index is -1.36. The van der Waals surface area contributed by atoms with Gasteiger partial charge in [-0.2, -0.15) is 0 Å². The summed E-state index contributed by atoms with van der Waals surface area (Å²) in [4.78, 5) is 7.71. The molecule has 0 saturated carbocycles. The minimum Gasteiger partial charge on any atom is -0.393 e. The molecule has 0 aliphatic heterocycles. The maximum atomic E-state index is 9.50. The Hall–Kier alpha value is -0.520. The summed E-state index contributed by atoms with van der Waals surface area (Å²) in [5.41, 5.74) is -1.36. The maximum absolute atomic E-state index is 9.50. The van der Waals surface area contributed by atoms with E-state index in [1.807, 2.05) is 0 Å². The van der Waals surface area contributed by atoms with E-state index in [1.165, 1.54) is 19.3 Å². The van der Waals surface area contributed by atoms with E-state index in [2.05, 4.69) is 25.9 Å². The molecule has 2 N–H and O–H groups in total. The van der Waals surface area contributed by atoms with Gasteiger partial charge in [0.2, 0.25) is 0 Å². The fourth-order valence-corrected chi connectivity index (χ4v) is 0.866. The van der Waals surface area contributed by atoms with Crippen LogP contribution in [-0.2, 0) is 5.60 Å². The number of hydrogen-bond acceptors (Lipinski definition) is 4. The van der Waals surface area contributed by atoms with Crippen molar-refractivity contribution < 1.29 is 10.2 Å². The van der Waals surface area contributed by atoms with Crippen LogP contribution in [0.1, 0.15) is 12.7 Å². The molecule has 0 aromatic carbocycles. The van der Waals surface area contributed by atoms with Crippen molar-refractivity contribution in [2.45, 2.75) is 12.5 Å². The van der Waals surface area contributed by atoms with E-state index >= 15 is 0 Å². The minimum absolute atomic E-state index is 0.216. The van der Waals surface area contributed by atoms with Gasteiger partial charge in [0.25, 0.3) is 0 Å². The molecular formula is C7H9BrN2O2. The summed E-state index contributed by atoms with van der Waals surface area (Å²) in [6, 6.07) is 0. The Labute approximate surface area is 78.4 Å². The highest BCUT2D eigenvalue weighted by Crippen LogP contribution is 2.15. The fraction of sp³-hybridized carbons (Fsp3) is 0.429. The lowest BCUT2D eigenvalue weighted by Gasteiger charge is -2.17. The van der Waals surface area contributed by atoms with Crippen LogP contribution in [0.2, 0.25) is 0 Å². The third-order valence-corrected chi connectivity index (χ3v) is 1.82. The van der Waals surface area contributed by atoms with Crippen LogP contribution in [0, 0.1) is 0 Å². The standard InChI is InChI=1S/C7H9BrN2O2/c1-7(12,4-11)6-9-2-5(8)3-10-6/h2-3,11-12H,4H2,1H3/t7-/m0/s1. The molecule has 0 aliphatic rings. The van der Waals surface area contributed by atoms with Gasteiger partial charge in [-0.15, -0.1) is 0 Å². The molecule has 4 nitrogen and oxygen atoms in total. The van der Waals surface area contributed by atoms with Gasteiger partial charge in [-0.3, -0.25) is 0 Å². The van der Waals surface area contributed by atoms with E-state index in [9.17, 15) is 5.11 Å². The average Bonchev–Trinajstić information content (AvgIpc) is 2.05. The number of rotatable bonds is 2. The lowest BCUT2D eigenvalue weighted by atomic mass is 10.1. The second-order valence-corrected chi connectivity index (χ2v) is 3.57. The van der Waals surface area contributed by atoms with Crippen molar-refractivity contribution in [1.29, 1.82) is 0 Å². The first kappa shape index (κ1) is 9.57. The smallest absolute Gasteiger partial charge is 0.162 e. The predicted molar refractivity (Wildman–Crippen MR) is 46.4 cm³/mol. The van der Waals surface area contributed by atoms with Gasteiger partial charge in [-0.05, 0) is 22.9 Å². The molecule has 0 radical (unpaired) electrons. The van der Waals surface area contributed by atoms with Crippen molar-refractivity contribution in [2.24, 2.45) is 0 Å². The predicted octanol–water partition coefficient (Wildman–Crippen LogP) is 0.439. The summed E-state index contributed by atoms with van der Waals surface area (Å²) in [5, 5.41) is 18.3. The normalized spacial score (nSPS) is 15.7. The second-order valence-electron chi connectivity index (χ2n) is 2.66. The van der Waals surface area contributed by atoms with Crippen molar-refractivity contribution in [3.8, 4) is 0 Å². The van der Waals surface area contributed by atoms with Crippen molar-refractivity contribution in [1.82, 2.24) is 9.97 Å². The summed E-state index contributed by atoms with van der Waals surface area (Å²) in [6.45, 7) is 1.06. The van der Waals surface area contributed by atoms with Crippen LogP contribution in [0.4, 0.5) is 0 Å². The molecule has 0 amide bonds. The van der Waals surface area contributed by atoms with Gasteiger partial charge < -0.3 is 10.2 Å². The Bertz CT molecular complexity index is 261. The van der Waals surface area contributed by atoms with Gasteiger partial charge in [-0.25, -0.2) is 9.97 Å². The quantitative estimate of drug-likeness (QED) is 0.777. The molecule has 1 atom stereocenters. The molecule has 0 fully saturated rings. The van der Waals surface area contributed by atoms with Crippen molar-refractivity contribution in [3.05, 3.63) is 22.7 Å². The van der Waals surface area contributed by atoms with E-state index in [0.717, 1.165) is 4.47 Å². The molecule has 0 unspecified atom stereocenters. The lowest BCUT2D eigenvalue weighted by molar-refractivity contribution is -0.00975. The Morgan fingerprint density at radius 1 is 1.50 bits per heavy atom. The molecule has 1 rings (SSSR count). The van der Waals surface area contributed by atoms with Crippen LogP contribution in [0.15, 0.2) is 16.9 Å². The van der Waals surface area contributed by atoms with Gasteiger partial charge in [0, 0.05) is 12.4 Å². The van der Waals surface area contributed by atoms with Gasteiger partial charge in [0.1, 0.15) is 5.60 Å². The number of hydrogen-bond donors (Lipinski definition) is 2. The van der Waals surface area contributed by atoms with Gasteiger partial charge >= 0.3 is 0 Å². The van der Waals surface area contributed by atoms with Crippen LogP contribution in [0.3, 0.4) is 0 Å².